The second kappa shape index (κ2) is 4.26. The molecule has 0 aliphatic heterocycles. The van der Waals surface area contributed by atoms with Crippen molar-refractivity contribution in [1.29, 1.82) is 0 Å². The van der Waals surface area contributed by atoms with Gasteiger partial charge in [-0.05, 0) is 30.4 Å². The number of hydrogen-bond donors (Lipinski definition) is 0. The van der Waals surface area contributed by atoms with Gasteiger partial charge in [-0.15, -0.1) is 0 Å². The summed E-state index contributed by atoms with van der Waals surface area (Å²) in [4.78, 5) is 10.6. The van der Waals surface area contributed by atoms with E-state index in [1.807, 2.05) is 12.1 Å². The van der Waals surface area contributed by atoms with E-state index in [9.17, 15) is 4.79 Å². The van der Waals surface area contributed by atoms with Gasteiger partial charge in [-0.3, -0.25) is 4.79 Å². The minimum atomic E-state index is 0.699. The summed E-state index contributed by atoms with van der Waals surface area (Å²) in [6.45, 7) is 0. The molecule has 1 aliphatic rings. The van der Waals surface area contributed by atoms with E-state index in [1.165, 1.54) is 31.2 Å². The molecular weight excluding hydrogens is 240 g/mol. The van der Waals surface area contributed by atoms with Crippen LogP contribution in [0.15, 0.2) is 22.7 Å². The highest BCUT2D eigenvalue weighted by Gasteiger charge is 2.18. The van der Waals surface area contributed by atoms with Crippen LogP contribution in [0.2, 0.25) is 0 Å². The molecule has 2 heteroatoms. The smallest absolute Gasteiger partial charge is 0.150 e. The molecule has 2 rings (SSSR count). The Bertz CT molecular complexity index is 340. The Morgan fingerprint density at radius 1 is 1.29 bits per heavy atom. The number of halogens is 1. The van der Waals surface area contributed by atoms with Crippen molar-refractivity contribution in [2.45, 2.75) is 31.6 Å². The number of carbonyl (C=O) groups is 1. The maximum Gasteiger partial charge on any atom is 0.150 e. The molecule has 0 atom stereocenters. The molecule has 1 fully saturated rings. The van der Waals surface area contributed by atoms with Gasteiger partial charge in [0.05, 0.1) is 0 Å². The lowest BCUT2D eigenvalue weighted by molar-refractivity contribution is 0.112. The zero-order valence-electron chi connectivity index (χ0n) is 8.00. The molecule has 0 N–H and O–H groups in total. The van der Waals surface area contributed by atoms with Crippen LogP contribution in [0.1, 0.15) is 47.5 Å². The van der Waals surface area contributed by atoms with Gasteiger partial charge >= 0.3 is 0 Å². The molecule has 1 aromatic rings. The molecule has 1 nitrogen and oxygen atoms in total. The molecule has 0 bridgehead atoms. The summed E-state index contributed by atoms with van der Waals surface area (Å²) in [7, 11) is 0. The highest BCUT2D eigenvalue weighted by atomic mass is 79.9. The first kappa shape index (κ1) is 9.91. The fourth-order valence-electron chi connectivity index (χ4n) is 2.18. The Hall–Kier alpha value is -0.630. The van der Waals surface area contributed by atoms with Crippen molar-refractivity contribution in [2.24, 2.45) is 0 Å². The molecule has 0 heterocycles. The van der Waals surface area contributed by atoms with Gasteiger partial charge in [0, 0.05) is 10.0 Å². The number of aldehydes is 1. The summed E-state index contributed by atoms with van der Waals surface area (Å²) >= 11 is 3.54. The Morgan fingerprint density at radius 2 is 2.00 bits per heavy atom. The van der Waals surface area contributed by atoms with E-state index >= 15 is 0 Å². The summed E-state index contributed by atoms with van der Waals surface area (Å²) in [5.41, 5.74) is 2.12. The monoisotopic (exact) mass is 252 g/mol. The third kappa shape index (κ3) is 1.90. The first-order chi connectivity index (χ1) is 6.81. The standard InChI is InChI=1S/C12H13BrO/c13-12-7-9(8-14)5-6-11(12)10-3-1-2-4-10/h5-8,10H,1-4H2. The Morgan fingerprint density at radius 3 is 2.57 bits per heavy atom. The van der Waals surface area contributed by atoms with Gasteiger partial charge in [0.1, 0.15) is 6.29 Å². The maximum atomic E-state index is 10.6. The van der Waals surface area contributed by atoms with Crippen molar-refractivity contribution in [3.8, 4) is 0 Å². The van der Waals surface area contributed by atoms with Gasteiger partial charge in [-0.1, -0.05) is 40.9 Å². The Labute approximate surface area is 92.6 Å². The van der Waals surface area contributed by atoms with Crippen LogP contribution in [0.3, 0.4) is 0 Å². The summed E-state index contributed by atoms with van der Waals surface area (Å²) in [6, 6.07) is 5.91. The van der Waals surface area contributed by atoms with Crippen LogP contribution in [-0.2, 0) is 0 Å². The van der Waals surface area contributed by atoms with Gasteiger partial charge in [0.15, 0.2) is 0 Å². The van der Waals surface area contributed by atoms with Gasteiger partial charge in [0.25, 0.3) is 0 Å². The highest BCUT2D eigenvalue weighted by molar-refractivity contribution is 9.10. The van der Waals surface area contributed by atoms with Crippen LogP contribution in [0.25, 0.3) is 0 Å². The Kier molecular flexibility index (Phi) is 3.02. The molecule has 0 radical (unpaired) electrons. The highest BCUT2D eigenvalue weighted by Crippen LogP contribution is 2.37. The zero-order valence-corrected chi connectivity index (χ0v) is 9.59. The molecule has 0 aromatic heterocycles. The van der Waals surface area contributed by atoms with Crippen molar-refractivity contribution in [3.63, 3.8) is 0 Å². The molecular formula is C12H13BrO. The van der Waals surface area contributed by atoms with E-state index in [-0.39, 0.29) is 0 Å². The molecule has 74 valence electrons. The molecule has 0 spiro atoms. The summed E-state index contributed by atoms with van der Waals surface area (Å²) in [5.74, 6) is 0.699. The SMILES string of the molecule is O=Cc1ccc(C2CCCC2)c(Br)c1. The average Bonchev–Trinajstić information content (AvgIpc) is 2.70. The minimum Gasteiger partial charge on any atom is -0.298 e. The first-order valence-corrected chi connectivity index (χ1v) is 5.85. The van der Waals surface area contributed by atoms with Crippen LogP contribution < -0.4 is 0 Å². The van der Waals surface area contributed by atoms with Crippen LogP contribution in [0.4, 0.5) is 0 Å². The molecule has 0 saturated heterocycles. The van der Waals surface area contributed by atoms with Crippen LogP contribution in [-0.4, -0.2) is 6.29 Å². The van der Waals surface area contributed by atoms with Gasteiger partial charge in [-0.25, -0.2) is 0 Å². The number of hydrogen-bond acceptors (Lipinski definition) is 1. The van der Waals surface area contributed by atoms with E-state index in [1.54, 1.807) is 0 Å². The van der Waals surface area contributed by atoms with Crippen molar-refractivity contribution >= 4 is 22.2 Å². The number of rotatable bonds is 2. The lowest BCUT2D eigenvalue weighted by Crippen LogP contribution is -1.94. The second-order valence-electron chi connectivity index (χ2n) is 3.88. The largest absolute Gasteiger partial charge is 0.298 e. The topological polar surface area (TPSA) is 17.1 Å². The van der Waals surface area contributed by atoms with Crippen LogP contribution in [0.5, 0.6) is 0 Å². The van der Waals surface area contributed by atoms with Crippen molar-refractivity contribution in [2.75, 3.05) is 0 Å². The maximum absolute atomic E-state index is 10.6. The minimum absolute atomic E-state index is 0.699. The normalized spacial score (nSPS) is 17.2. The van der Waals surface area contributed by atoms with E-state index in [4.69, 9.17) is 0 Å². The van der Waals surface area contributed by atoms with E-state index < -0.39 is 0 Å². The number of benzene rings is 1. The van der Waals surface area contributed by atoms with Crippen molar-refractivity contribution in [3.05, 3.63) is 33.8 Å². The predicted octanol–water partition coefficient (Wildman–Crippen LogP) is 3.92. The Balaban J connectivity index is 2.29. The van der Waals surface area contributed by atoms with Gasteiger partial charge in [0.2, 0.25) is 0 Å². The average molecular weight is 253 g/mol. The van der Waals surface area contributed by atoms with Gasteiger partial charge in [-0.2, -0.15) is 0 Å². The lowest BCUT2D eigenvalue weighted by Gasteiger charge is -2.11. The third-order valence-corrected chi connectivity index (χ3v) is 3.64. The summed E-state index contributed by atoms with van der Waals surface area (Å²) in [5, 5.41) is 0. The van der Waals surface area contributed by atoms with Crippen molar-refractivity contribution in [1.82, 2.24) is 0 Å². The third-order valence-electron chi connectivity index (χ3n) is 2.96. The molecule has 14 heavy (non-hydrogen) atoms. The molecule has 0 unspecified atom stereocenters. The molecule has 1 aromatic carbocycles. The fourth-order valence-corrected chi connectivity index (χ4v) is 2.90. The quantitative estimate of drug-likeness (QED) is 0.730. The molecule has 1 aliphatic carbocycles. The molecule has 0 amide bonds. The van der Waals surface area contributed by atoms with Crippen LogP contribution >= 0.6 is 15.9 Å². The van der Waals surface area contributed by atoms with Crippen molar-refractivity contribution < 1.29 is 4.79 Å². The van der Waals surface area contributed by atoms with E-state index in [0.717, 1.165) is 16.3 Å². The lowest BCUT2D eigenvalue weighted by atomic mass is 9.97. The van der Waals surface area contributed by atoms with Gasteiger partial charge < -0.3 is 0 Å². The number of carbonyl (C=O) groups excluding carboxylic acids is 1. The zero-order chi connectivity index (χ0) is 9.97. The summed E-state index contributed by atoms with van der Waals surface area (Å²) < 4.78 is 1.09. The van der Waals surface area contributed by atoms with E-state index in [2.05, 4.69) is 22.0 Å². The van der Waals surface area contributed by atoms with Crippen LogP contribution in [0, 0.1) is 0 Å². The van der Waals surface area contributed by atoms with E-state index in [0.29, 0.717) is 5.92 Å². The summed E-state index contributed by atoms with van der Waals surface area (Å²) in [6.07, 6.45) is 6.15. The fraction of sp³-hybridized carbons (Fsp3) is 0.417. The predicted molar refractivity (Wildman–Crippen MR) is 60.7 cm³/mol. The second-order valence-corrected chi connectivity index (χ2v) is 4.73. The first-order valence-electron chi connectivity index (χ1n) is 5.06. The molecule has 1 saturated carbocycles.